The molecule has 6 heteroatoms. The number of amides is 1. The summed E-state index contributed by atoms with van der Waals surface area (Å²) in [5.74, 6) is -0.113. The lowest BCUT2D eigenvalue weighted by Gasteiger charge is -2.32. The molecule has 1 aliphatic heterocycles. The Morgan fingerprint density at radius 3 is 2.75 bits per heavy atom. The van der Waals surface area contributed by atoms with Gasteiger partial charge in [0.2, 0.25) is 0 Å². The van der Waals surface area contributed by atoms with Gasteiger partial charge in [-0.05, 0) is 26.3 Å². The molecule has 112 valence electrons. The molecular formula is C14H24N4O2. The van der Waals surface area contributed by atoms with E-state index in [-0.39, 0.29) is 11.4 Å². The van der Waals surface area contributed by atoms with Crippen LogP contribution in [-0.2, 0) is 11.8 Å². The van der Waals surface area contributed by atoms with Crippen molar-refractivity contribution in [3.63, 3.8) is 0 Å². The number of aryl methyl sites for hydroxylation is 1. The molecular weight excluding hydrogens is 256 g/mol. The zero-order valence-electron chi connectivity index (χ0n) is 12.6. The lowest BCUT2D eigenvalue weighted by molar-refractivity contribution is 0.0341. The van der Waals surface area contributed by atoms with Gasteiger partial charge in [-0.1, -0.05) is 0 Å². The fourth-order valence-electron chi connectivity index (χ4n) is 2.23. The molecule has 0 saturated carbocycles. The van der Waals surface area contributed by atoms with E-state index in [1.54, 1.807) is 24.0 Å². The van der Waals surface area contributed by atoms with Gasteiger partial charge in [0.25, 0.3) is 5.91 Å². The van der Waals surface area contributed by atoms with Crippen LogP contribution in [-0.4, -0.2) is 59.0 Å². The normalized spacial score (nSPS) is 17.1. The average Bonchev–Trinajstić information content (AvgIpc) is 2.84. The van der Waals surface area contributed by atoms with Crippen LogP contribution in [0.1, 0.15) is 30.8 Å². The number of hydrogen-bond donors (Lipinski definition) is 1. The van der Waals surface area contributed by atoms with Gasteiger partial charge in [-0.3, -0.25) is 14.4 Å². The zero-order valence-corrected chi connectivity index (χ0v) is 12.6. The fraction of sp³-hybridized carbons (Fsp3) is 0.714. The Labute approximate surface area is 120 Å². The molecule has 1 aromatic rings. The predicted octanol–water partition coefficient (Wildman–Crippen LogP) is 0.651. The molecule has 1 fully saturated rings. The van der Waals surface area contributed by atoms with E-state index < -0.39 is 0 Å². The molecule has 0 radical (unpaired) electrons. The molecule has 1 saturated heterocycles. The van der Waals surface area contributed by atoms with Crippen LogP contribution in [0.25, 0.3) is 0 Å². The fourth-order valence-corrected chi connectivity index (χ4v) is 2.23. The monoisotopic (exact) mass is 280 g/mol. The van der Waals surface area contributed by atoms with Crippen molar-refractivity contribution in [3.8, 4) is 0 Å². The minimum atomic E-state index is -0.243. The molecule has 0 bridgehead atoms. The standard InChI is InChI=1S/C14H24N4O2/c1-14(2,5-7-18-8-10-20-11-9-18)15-13(19)12-4-6-17(3)16-12/h4,6H,5,7-11H2,1-3H3,(H,15,19). The number of aromatic nitrogens is 2. The van der Waals surface area contributed by atoms with Gasteiger partial charge in [0, 0.05) is 38.4 Å². The first kappa shape index (κ1) is 15.0. The Kier molecular flexibility index (Phi) is 4.77. The van der Waals surface area contributed by atoms with Crippen LogP contribution < -0.4 is 5.32 Å². The van der Waals surface area contributed by atoms with Crippen LogP contribution in [0.2, 0.25) is 0 Å². The van der Waals surface area contributed by atoms with Gasteiger partial charge in [0.15, 0.2) is 0 Å². The Hall–Kier alpha value is -1.40. The third-order valence-corrected chi connectivity index (χ3v) is 3.55. The molecule has 6 nitrogen and oxygen atoms in total. The van der Waals surface area contributed by atoms with Crippen molar-refractivity contribution in [3.05, 3.63) is 18.0 Å². The smallest absolute Gasteiger partial charge is 0.272 e. The number of carbonyl (C=O) groups is 1. The highest BCUT2D eigenvalue weighted by Gasteiger charge is 2.23. The summed E-state index contributed by atoms with van der Waals surface area (Å²) in [7, 11) is 1.81. The summed E-state index contributed by atoms with van der Waals surface area (Å²) in [5.41, 5.74) is 0.222. The van der Waals surface area contributed by atoms with Gasteiger partial charge in [-0.15, -0.1) is 0 Å². The van der Waals surface area contributed by atoms with E-state index >= 15 is 0 Å². The summed E-state index contributed by atoms with van der Waals surface area (Å²) < 4.78 is 6.97. The maximum absolute atomic E-state index is 12.1. The summed E-state index contributed by atoms with van der Waals surface area (Å²) >= 11 is 0. The number of ether oxygens (including phenoxy) is 1. The topological polar surface area (TPSA) is 59.4 Å². The summed E-state index contributed by atoms with van der Waals surface area (Å²) in [6, 6.07) is 1.73. The molecule has 0 atom stereocenters. The van der Waals surface area contributed by atoms with Crippen molar-refractivity contribution in [1.29, 1.82) is 0 Å². The lowest BCUT2D eigenvalue weighted by atomic mass is 10.00. The Bertz CT molecular complexity index is 450. The number of nitrogens with zero attached hydrogens (tertiary/aromatic N) is 3. The molecule has 1 N–H and O–H groups in total. The van der Waals surface area contributed by atoms with E-state index in [9.17, 15) is 4.79 Å². The predicted molar refractivity (Wildman–Crippen MR) is 76.6 cm³/mol. The van der Waals surface area contributed by atoms with Crippen LogP contribution in [0.5, 0.6) is 0 Å². The number of morpholine rings is 1. The number of nitrogens with one attached hydrogen (secondary N) is 1. The van der Waals surface area contributed by atoms with Crippen LogP contribution in [0.3, 0.4) is 0 Å². The third kappa shape index (κ3) is 4.31. The minimum absolute atomic E-state index is 0.113. The van der Waals surface area contributed by atoms with E-state index in [1.165, 1.54) is 0 Å². The number of carbonyl (C=O) groups excluding carboxylic acids is 1. The third-order valence-electron chi connectivity index (χ3n) is 3.55. The SMILES string of the molecule is Cn1ccc(C(=O)NC(C)(C)CCN2CCOCC2)n1. The summed E-state index contributed by atoms with van der Waals surface area (Å²) in [6.45, 7) is 8.64. The Morgan fingerprint density at radius 1 is 1.45 bits per heavy atom. The molecule has 1 aliphatic rings. The molecule has 0 unspecified atom stereocenters. The van der Waals surface area contributed by atoms with Crippen LogP contribution in [0.15, 0.2) is 12.3 Å². The highest BCUT2D eigenvalue weighted by molar-refractivity contribution is 5.92. The molecule has 0 spiro atoms. The Balaban J connectivity index is 1.81. The van der Waals surface area contributed by atoms with Gasteiger partial charge in [0.05, 0.1) is 13.2 Å². The van der Waals surface area contributed by atoms with Gasteiger partial charge in [-0.25, -0.2) is 0 Å². The molecule has 2 rings (SSSR count). The molecule has 1 aromatic heterocycles. The summed E-state index contributed by atoms with van der Waals surface area (Å²) in [6.07, 6.45) is 2.68. The van der Waals surface area contributed by atoms with E-state index in [1.807, 2.05) is 13.8 Å². The second-order valence-corrected chi connectivity index (χ2v) is 5.92. The largest absolute Gasteiger partial charge is 0.379 e. The van der Waals surface area contributed by atoms with Crippen molar-refractivity contribution in [2.75, 3.05) is 32.8 Å². The van der Waals surface area contributed by atoms with Crippen molar-refractivity contribution in [1.82, 2.24) is 20.0 Å². The van der Waals surface area contributed by atoms with E-state index in [0.29, 0.717) is 5.69 Å². The van der Waals surface area contributed by atoms with Crippen molar-refractivity contribution in [2.45, 2.75) is 25.8 Å². The first-order chi connectivity index (χ1) is 9.46. The van der Waals surface area contributed by atoms with Gasteiger partial charge in [0.1, 0.15) is 5.69 Å². The molecule has 1 amide bonds. The zero-order chi connectivity index (χ0) is 14.6. The first-order valence-electron chi connectivity index (χ1n) is 7.08. The van der Waals surface area contributed by atoms with Crippen LogP contribution in [0, 0.1) is 0 Å². The second-order valence-electron chi connectivity index (χ2n) is 5.92. The average molecular weight is 280 g/mol. The second kappa shape index (κ2) is 6.37. The molecule has 0 aliphatic carbocycles. The van der Waals surface area contributed by atoms with Crippen LogP contribution >= 0.6 is 0 Å². The van der Waals surface area contributed by atoms with Gasteiger partial charge < -0.3 is 10.1 Å². The Morgan fingerprint density at radius 2 is 2.15 bits per heavy atom. The summed E-state index contributed by atoms with van der Waals surface area (Å²) in [5, 5.41) is 7.18. The van der Waals surface area contributed by atoms with Crippen molar-refractivity contribution < 1.29 is 9.53 Å². The van der Waals surface area contributed by atoms with Crippen molar-refractivity contribution in [2.24, 2.45) is 7.05 Å². The summed E-state index contributed by atoms with van der Waals surface area (Å²) in [4.78, 5) is 14.5. The lowest BCUT2D eigenvalue weighted by Crippen LogP contribution is -2.47. The van der Waals surface area contributed by atoms with E-state index in [2.05, 4.69) is 15.3 Å². The van der Waals surface area contributed by atoms with E-state index in [4.69, 9.17) is 4.74 Å². The van der Waals surface area contributed by atoms with Gasteiger partial charge in [-0.2, -0.15) is 5.10 Å². The van der Waals surface area contributed by atoms with Crippen molar-refractivity contribution >= 4 is 5.91 Å². The first-order valence-corrected chi connectivity index (χ1v) is 7.08. The number of rotatable bonds is 5. The van der Waals surface area contributed by atoms with E-state index in [0.717, 1.165) is 39.3 Å². The maximum Gasteiger partial charge on any atom is 0.272 e. The minimum Gasteiger partial charge on any atom is -0.379 e. The number of hydrogen-bond acceptors (Lipinski definition) is 4. The van der Waals surface area contributed by atoms with Crippen LogP contribution in [0.4, 0.5) is 0 Å². The molecule has 2 heterocycles. The molecule has 20 heavy (non-hydrogen) atoms. The highest BCUT2D eigenvalue weighted by Crippen LogP contribution is 2.11. The van der Waals surface area contributed by atoms with Gasteiger partial charge >= 0.3 is 0 Å². The molecule has 0 aromatic carbocycles. The maximum atomic E-state index is 12.1. The highest BCUT2D eigenvalue weighted by atomic mass is 16.5. The quantitative estimate of drug-likeness (QED) is 0.860.